The molecular weight excluding hydrogens is 350 g/mol. The molecule has 160 valence electrons. The zero-order valence-corrected chi connectivity index (χ0v) is 19.3. The van der Waals surface area contributed by atoms with Crippen molar-refractivity contribution in [2.45, 2.75) is 90.1 Å². The number of quaternary nitrogens is 1. The van der Waals surface area contributed by atoms with E-state index in [1.165, 1.54) is 81.8 Å². The fourth-order valence-electron chi connectivity index (χ4n) is 4.58. The van der Waals surface area contributed by atoms with Gasteiger partial charge in [0.1, 0.15) is 12.6 Å². The van der Waals surface area contributed by atoms with Gasteiger partial charge in [-0.3, -0.25) is 0 Å². The number of rotatable bonds is 15. The van der Waals surface area contributed by atoms with Crippen molar-refractivity contribution in [2.75, 3.05) is 14.1 Å². The smallest absolute Gasteiger partial charge is 0.114 e. The monoisotopic (exact) mass is 394 g/mol. The Morgan fingerprint density at radius 2 is 1.10 bits per heavy atom. The van der Waals surface area contributed by atoms with Crippen molar-refractivity contribution in [1.29, 1.82) is 0 Å². The molecule has 0 fully saturated rings. The molecule has 1 nitrogen and oxygen atoms in total. The number of unbranched alkanes of at least 4 members (excludes halogenated alkanes) is 9. The molecule has 0 saturated carbocycles. The highest BCUT2D eigenvalue weighted by Crippen LogP contribution is 2.32. The van der Waals surface area contributed by atoms with Crippen LogP contribution in [0.15, 0.2) is 60.7 Å². The van der Waals surface area contributed by atoms with Crippen molar-refractivity contribution >= 4 is 0 Å². The maximum atomic E-state index is 2.40. The first-order chi connectivity index (χ1) is 14.1. The summed E-state index contributed by atoms with van der Waals surface area (Å²) >= 11 is 0. The van der Waals surface area contributed by atoms with Gasteiger partial charge in [-0.25, -0.2) is 0 Å². The number of nitrogens with zero attached hydrogens (tertiary/aromatic N) is 1. The van der Waals surface area contributed by atoms with Crippen molar-refractivity contribution in [3.8, 4) is 0 Å². The zero-order valence-electron chi connectivity index (χ0n) is 19.3. The van der Waals surface area contributed by atoms with E-state index in [1.54, 1.807) is 0 Å². The zero-order chi connectivity index (χ0) is 20.8. The van der Waals surface area contributed by atoms with Gasteiger partial charge >= 0.3 is 0 Å². The van der Waals surface area contributed by atoms with E-state index in [-0.39, 0.29) is 0 Å². The Bertz CT molecular complexity index is 632. The number of benzene rings is 2. The Morgan fingerprint density at radius 3 is 1.66 bits per heavy atom. The summed E-state index contributed by atoms with van der Waals surface area (Å²) in [5, 5.41) is 0. The first-order valence-corrected chi connectivity index (χ1v) is 12.0. The van der Waals surface area contributed by atoms with Gasteiger partial charge in [-0.15, -0.1) is 0 Å². The molecule has 2 rings (SSSR count). The number of hydrogen-bond acceptors (Lipinski definition) is 0. The summed E-state index contributed by atoms with van der Waals surface area (Å²) in [4.78, 5) is 0. The maximum absolute atomic E-state index is 2.40. The summed E-state index contributed by atoms with van der Waals surface area (Å²) in [6.07, 6.45) is 15.3. The topological polar surface area (TPSA) is 0 Å². The second kappa shape index (κ2) is 13.6. The molecule has 0 aliphatic rings. The third kappa shape index (κ3) is 9.17. The van der Waals surface area contributed by atoms with Crippen molar-refractivity contribution in [3.05, 3.63) is 71.8 Å². The van der Waals surface area contributed by atoms with E-state index in [2.05, 4.69) is 81.7 Å². The Hall–Kier alpha value is -1.60. The second-order valence-corrected chi connectivity index (χ2v) is 9.32. The first kappa shape index (κ1) is 23.7. The van der Waals surface area contributed by atoms with Gasteiger partial charge in [-0.1, -0.05) is 125 Å². The van der Waals surface area contributed by atoms with Crippen LogP contribution in [-0.4, -0.2) is 18.6 Å². The van der Waals surface area contributed by atoms with Crippen LogP contribution in [0.2, 0.25) is 0 Å². The Morgan fingerprint density at radius 1 is 0.621 bits per heavy atom. The third-order valence-electron chi connectivity index (χ3n) is 6.29. The van der Waals surface area contributed by atoms with Crippen LogP contribution in [0.5, 0.6) is 0 Å². The molecule has 0 bridgehead atoms. The normalized spacial score (nSPS) is 12.8. The van der Waals surface area contributed by atoms with Gasteiger partial charge in [-0.05, 0) is 6.42 Å². The third-order valence-corrected chi connectivity index (χ3v) is 6.29. The Kier molecular flexibility index (Phi) is 11.1. The van der Waals surface area contributed by atoms with Crippen LogP contribution in [0.3, 0.4) is 0 Å². The molecule has 1 heteroatoms. The van der Waals surface area contributed by atoms with Crippen LogP contribution in [0, 0.1) is 0 Å². The average Bonchev–Trinajstić information content (AvgIpc) is 2.73. The highest BCUT2D eigenvalue weighted by atomic mass is 15.3. The van der Waals surface area contributed by atoms with Gasteiger partial charge < -0.3 is 4.48 Å². The SMILES string of the molecule is CCCCCCCCCCCCC(c1ccccc1)[N+](C)(C)Cc1ccccc1. The van der Waals surface area contributed by atoms with E-state index in [4.69, 9.17) is 0 Å². The van der Waals surface area contributed by atoms with Crippen LogP contribution in [0.4, 0.5) is 0 Å². The largest absolute Gasteiger partial charge is 0.319 e. The average molecular weight is 395 g/mol. The van der Waals surface area contributed by atoms with E-state index < -0.39 is 0 Å². The number of hydrogen-bond donors (Lipinski definition) is 0. The molecule has 2 aromatic rings. The quantitative estimate of drug-likeness (QED) is 0.210. The van der Waals surface area contributed by atoms with E-state index in [1.807, 2.05) is 0 Å². The molecule has 0 aliphatic carbocycles. The van der Waals surface area contributed by atoms with Gasteiger partial charge in [-0.2, -0.15) is 0 Å². The maximum Gasteiger partial charge on any atom is 0.114 e. The molecule has 0 spiro atoms. The van der Waals surface area contributed by atoms with Crippen molar-refractivity contribution < 1.29 is 4.48 Å². The molecule has 0 radical (unpaired) electrons. The van der Waals surface area contributed by atoms with Crippen LogP contribution >= 0.6 is 0 Å². The molecule has 0 amide bonds. The van der Waals surface area contributed by atoms with Crippen molar-refractivity contribution in [3.63, 3.8) is 0 Å². The molecule has 1 unspecified atom stereocenters. The molecule has 0 N–H and O–H groups in total. The predicted octanol–water partition coefficient (Wildman–Crippen LogP) is 8.32. The summed E-state index contributed by atoms with van der Waals surface area (Å²) in [5.41, 5.74) is 2.92. The highest BCUT2D eigenvalue weighted by Gasteiger charge is 2.29. The molecule has 2 aromatic carbocycles. The van der Waals surface area contributed by atoms with Crippen molar-refractivity contribution in [2.24, 2.45) is 0 Å². The molecule has 0 aliphatic heterocycles. The Labute approximate surface area is 180 Å². The molecule has 0 aromatic heterocycles. The van der Waals surface area contributed by atoms with Gasteiger partial charge in [0, 0.05) is 17.5 Å². The summed E-state index contributed by atoms with van der Waals surface area (Å²) in [7, 11) is 4.81. The summed E-state index contributed by atoms with van der Waals surface area (Å²) < 4.78 is 1.02. The Balaban J connectivity index is 1.81. The lowest BCUT2D eigenvalue weighted by Crippen LogP contribution is -2.42. The van der Waals surface area contributed by atoms with Crippen molar-refractivity contribution in [1.82, 2.24) is 0 Å². The van der Waals surface area contributed by atoms with Gasteiger partial charge in [0.25, 0.3) is 0 Å². The molecular formula is C28H44N+. The standard InChI is InChI=1S/C28H44N/c1-4-5-6-7-8-9-10-11-12-19-24-28(27-22-17-14-18-23-27)29(2,3)25-26-20-15-13-16-21-26/h13-18,20-23,28H,4-12,19,24-25H2,1-3H3/q+1. The van der Waals surface area contributed by atoms with E-state index in [0.717, 1.165) is 11.0 Å². The van der Waals surface area contributed by atoms with E-state index >= 15 is 0 Å². The molecule has 29 heavy (non-hydrogen) atoms. The van der Waals surface area contributed by atoms with E-state index in [9.17, 15) is 0 Å². The fourth-order valence-corrected chi connectivity index (χ4v) is 4.58. The van der Waals surface area contributed by atoms with Gasteiger partial charge in [0.2, 0.25) is 0 Å². The summed E-state index contributed by atoms with van der Waals surface area (Å²) in [6.45, 7) is 3.38. The lowest BCUT2D eigenvalue weighted by molar-refractivity contribution is -0.934. The summed E-state index contributed by atoms with van der Waals surface area (Å²) in [6, 6.07) is 22.7. The molecule has 0 saturated heterocycles. The van der Waals surface area contributed by atoms with Gasteiger partial charge in [0.05, 0.1) is 14.1 Å². The van der Waals surface area contributed by atoms with E-state index in [0.29, 0.717) is 6.04 Å². The minimum Gasteiger partial charge on any atom is -0.319 e. The minimum absolute atomic E-state index is 0.561. The fraction of sp³-hybridized carbons (Fsp3) is 0.571. The van der Waals surface area contributed by atoms with Crippen LogP contribution < -0.4 is 0 Å². The van der Waals surface area contributed by atoms with Crippen LogP contribution in [-0.2, 0) is 6.54 Å². The van der Waals surface area contributed by atoms with Crippen LogP contribution in [0.1, 0.15) is 94.7 Å². The highest BCUT2D eigenvalue weighted by molar-refractivity contribution is 5.18. The predicted molar refractivity (Wildman–Crippen MR) is 128 cm³/mol. The molecule has 1 atom stereocenters. The second-order valence-electron chi connectivity index (χ2n) is 9.32. The molecule has 0 heterocycles. The van der Waals surface area contributed by atoms with Gasteiger partial charge in [0.15, 0.2) is 0 Å². The lowest BCUT2D eigenvalue weighted by Gasteiger charge is -2.39. The lowest BCUT2D eigenvalue weighted by atomic mass is 9.96. The first-order valence-electron chi connectivity index (χ1n) is 12.0. The minimum atomic E-state index is 0.561. The summed E-state index contributed by atoms with van der Waals surface area (Å²) in [5.74, 6) is 0. The van der Waals surface area contributed by atoms with Crippen LogP contribution in [0.25, 0.3) is 0 Å².